The van der Waals surface area contributed by atoms with Crippen molar-refractivity contribution >= 4 is 29.2 Å². The Balaban J connectivity index is 1.43. The molecule has 0 saturated carbocycles. The zero-order valence-corrected chi connectivity index (χ0v) is 15.7. The maximum absolute atomic E-state index is 15.4. The molecule has 8 heteroatoms. The molecule has 4 rings (SSSR count). The Hall–Kier alpha value is -1.80. The predicted octanol–water partition coefficient (Wildman–Crippen LogP) is 2.29. The summed E-state index contributed by atoms with van der Waals surface area (Å²) in [7, 11) is 0. The van der Waals surface area contributed by atoms with E-state index in [4.69, 9.17) is 4.74 Å². The highest BCUT2D eigenvalue weighted by Gasteiger charge is 2.71. The molecule has 0 aliphatic carbocycles. The molecule has 0 unspecified atom stereocenters. The molecule has 2 amide bonds. The van der Waals surface area contributed by atoms with Crippen LogP contribution in [0, 0.1) is 5.92 Å². The minimum atomic E-state index is -2.65. The maximum atomic E-state index is 15.4. The first-order chi connectivity index (χ1) is 12.9. The van der Waals surface area contributed by atoms with Gasteiger partial charge >= 0.3 is 0 Å². The molecule has 0 aromatic carbocycles. The van der Waals surface area contributed by atoms with Crippen LogP contribution in [0.5, 0.6) is 0 Å². The number of hydrogen-bond acceptors (Lipinski definition) is 4. The minimum Gasteiger partial charge on any atom is -0.381 e. The van der Waals surface area contributed by atoms with E-state index in [9.17, 15) is 9.59 Å². The average molecular weight is 396 g/mol. The minimum absolute atomic E-state index is 0.209. The lowest BCUT2D eigenvalue weighted by atomic mass is 9.93. The van der Waals surface area contributed by atoms with Crippen molar-refractivity contribution in [2.24, 2.45) is 5.92 Å². The molecule has 27 heavy (non-hydrogen) atoms. The van der Waals surface area contributed by atoms with E-state index in [2.05, 4.69) is 0 Å². The van der Waals surface area contributed by atoms with Crippen LogP contribution in [0.3, 0.4) is 0 Å². The van der Waals surface area contributed by atoms with Gasteiger partial charge in [-0.15, -0.1) is 11.3 Å². The molecular weight excluding hydrogens is 374 g/mol. The number of hydrogen-bond donors (Lipinski definition) is 0. The van der Waals surface area contributed by atoms with Crippen LogP contribution in [-0.4, -0.2) is 72.3 Å². The third kappa shape index (κ3) is 3.29. The highest BCUT2D eigenvalue weighted by molar-refractivity contribution is 7.10. The molecule has 3 aliphatic rings. The fourth-order valence-corrected chi connectivity index (χ4v) is 4.75. The van der Waals surface area contributed by atoms with Gasteiger partial charge in [0.05, 0.1) is 19.6 Å². The van der Waals surface area contributed by atoms with E-state index in [-0.39, 0.29) is 12.5 Å². The van der Waals surface area contributed by atoms with Gasteiger partial charge in [-0.05, 0) is 36.3 Å². The summed E-state index contributed by atoms with van der Waals surface area (Å²) < 4.78 is 36.1. The van der Waals surface area contributed by atoms with Gasteiger partial charge in [0.1, 0.15) is 0 Å². The smallest absolute Gasteiger partial charge is 0.265 e. The Labute approximate surface area is 160 Å². The summed E-state index contributed by atoms with van der Waals surface area (Å²) in [6.07, 6.45) is 4.51. The number of carbonyl (C=O) groups excluding carboxylic acids is 2. The van der Waals surface area contributed by atoms with Crippen molar-refractivity contribution < 1.29 is 23.1 Å². The fraction of sp³-hybridized carbons (Fsp3) is 0.579. The topological polar surface area (TPSA) is 49.9 Å². The number of nitrogens with zero attached hydrogens (tertiary/aromatic N) is 2. The number of thiophene rings is 1. The highest BCUT2D eigenvalue weighted by atomic mass is 32.1. The quantitative estimate of drug-likeness (QED) is 0.734. The molecule has 3 fully saturated rings. The lowest BCUT2D eigenvalue weighted by Gasteiger charge is -2.28. The normalized spacial score (nSPS) is 31.9. The van der Waals surface area contributed by atoms with Crippen LogP contribution in [0.1, 0.15) is 17.7 Å². The van der Waals surface area contributed by atoms with Gasteiger partial charge < -0.3 is 14.5 Å². The molecule has 0 spiro atoms. The van der Waals surface area contributed by atoms with Crippen molar-refractivity contribution in [3.8, 4) is 0 Å². The van der Waals surface area contributed by atoms with E-state index in [0.717, 1.165) is 22.6 Å². The summed E-state index contributed by atoms with van der Waals surface area (Å²) in [5.74, 6) is -1.09. The summed E-state index contributed by atoms with van der Waals surface area (Å²) in [5, 5.41) is 1.88. The Morgan fingerprint density at radius 2 is 2.07 bits per heavy atom. The first-order valence-electron chi connectivity index (χ1n) is 9.17. The number of rotatable bonds is 4. The van der Waals surface area contributed by atoms with Crippen LogP contribution in [0.4, 0.5) is 8.78 Å². The van der Waals surface area contributed by atoms with E-state index in [1.807, 2.05) is 17.5 Å². The van der Waals surface area contributed by atoms with Crippen LogP contribution < -0.4 is 0 Å². The number of amides is 2. The van der Waals surface area contributed by atoms with Gasteiger partial charge in [0.25, 0.3) is 5.91 Å². The molecule has 3 saturated heterocycles. The van der Waals surface area contributed by atoms with E-state index in [1.165, 1.54) is 22.3 Å². The summed E-state index contributed by atoms with van der Waals surface area (Å²) >= 11 is 1.46. The van der Waals surface area contributed by atoms with E-state index in [0.29, 0.717) is 19.8 Å². The zero-order chi connectivity index (χ0) is 19.1. The SMILES string of the molecule is O=C(/C=C/c1cccs1)N1C[C@@]2(F)CN(CC3CCOCC3)C(=O)[C@@]2(F)C1. The molecule has 1 aromatic heterocycles. The van der Waals surface area contributed by atoms with Crippen LogP contribution >= 0.6 is 11.3 Å². The second-order valence-corrected chi connectivity index (χ2v) is 8.53. The molecule has 0 radical (unpaired) electrons. The van der Waals surface area contributed by atoms with Gasteiger partial charge in [-0.3, -0.25) is 9.59 Å². The van der Waals surface area contributed by atoms with Gasteiger partial charge in [0, 0.05) is 30.7 Å². The van der Waals surface area contributed by atoms with Crippen LogP contribution in [0.25, 0.3) is 6.08 Å². The van der Waals surface area contributed by atoms with E-state index in [1.54, 1.807) is 6.08 Å². The molecular formula is C19H22F2N2O3S. The molecule has 5 nitrogen and oxygen atoms in total. The highest BCUT2D eigenvalue weighted by Crippen LogP contribution is 2.46. The van der Waals surface area contributed by atoms with Crippen molar-refractivity contribution in [2.75, 3.05) is 39.4 Å². The standard InChI is InChI=1S/C19H22F2N2O3S/c20-18-11-22(10-14-5-7-26-8-6-14)17(25)19(18,21)13-23(12-18)16(24)4-3-15-2-1-9-27-15/h1-4,9,14H,5-8,10-13H2/b4-3+/t18-,19-/m0/s1. The lowest BCUT2D eigenvalue weighted by molar-refractivity contribution is -0.140. The molecule has 2 atom stereocenters. The predicted molar refractivity (Wildman–Crippen MR) is 97.7 cm³/mol. The van der Waals surface area contributed by atoms with Crippen LogP contribution in [0.15, 0.2) is 23.6 Å². The molecule has 4 heterocycles. The van der Waals surface area contributed by atoms with Gasteiger partial charge in [0.15, 0.2) is 5.67 Å². The second-order valence-electron chi connectivity index (χ2n) is 7.55. The Morgan fingerprint density at radius 1 is 1.30 bits per heavy atom. The number of alkyl halides is 2. The molecule has 146 valence electrons. The van der Waals surface area contributed by atoms with Crippen LogP contribution in [-0.2, 0) is 14.3 Å². The monoisotopic (exact) mass is 396 g/mol. The summed E-state index contributed by atoms with van der Waals surface area (Å²) in [6.45, 7) is 0.372. The first-order valence-corrected chi connectivity index (χ1v) is 10.0. The summed E-state index contributed by atoms with van der Waals surface area (Å²) in [6, 6.07) is 3.70. The maximum Gasteiger partial charge on any atom is 0.265 e. The third-order valence-corrected chi connectivity index (χ3v) is 6.53. The van der Waals surface area contributed by atoms with Crippen molar-refractivity contribution in [1.29, 1.82) is 0 Å². The van der Waals surface area contributed by atoms with E-state index < -0.39 is 36.2 Å². The first kappa shape index (κ1) is 18.6. The van der Waals surface area contributed by atoms with E-state index >= 15 is 8.78 Å². The number of halogens is 2. The number of carbonyl (C=O) groups is 2. The number of likely N-dealkylation sites (tertiary alicyclic amines) is 2. The molecule has 0 N–H and O–H groups in total. The molecule has 0 bridgehead atoms. The van der Waals surface area contributed by atoms with Crippen molar-refractivity contribution in [3.63, 3.8) is 0 Å². The summed E-state index contributed by atoms with van der Waals surface area (Å²) in [4.78, 5) is 28.2. The second kappa shape index (κ2) is 6.98. The summed E-state index contributed by atoms with van der Waals surface area (Å²) in [5.41, 5.74) is -4.99. The Morgan fingerprint density at radius 3 is 2.74 bits per heavy atom. The van der Waals surface area contributed by atoms with Gasteiger partial charge in [-0.1, -0.05) is 6.07 Å². The zero-order valence-electron chi connectivity index (χ0n) is 14.9. The van der Waals surface area contributed by atoms with Gasteiger partial charge in [-0.2, -0.15) is 0 Å². The molecule has 1 aromatic rings. The Kier molecular flexibility index (Phi) is 4.80. The largest absolute Gasteiger partial charge is 0.381 e. The average Bonchev–Trinajstić information content (AvgIpc) is 3.30. The van der Waals surface area contributed by atoms with Crippen molar-refractivity contribution in [2.45, 2.75) is 24.2 Å². The molecule has 3 aliphatic heterocycles. The van der Waals surface area contributed by atoms with Crippen molar-refractivity contribution in [3.05, 3.63) is 28.5 Å². The fourth-order valence-electron chi connectivity index (χ4n) is 4.14. The van der Waals surface area contributed by atoms with Crippen LogP contribution in [0.2, 0.25) is 0 Å². The number of fused-ring (bicyclic) bond motifs is 1. The Bertz CT molecular complexity index is 750. The van der Waals surface area contributed by atoms with Gasteiger partial charge in [0.2, 0.25) is 11.6 Å². The van der Waals surface area contributed by atoms with Crippen molar-refractivity contribution in [1.82, 2.24) is 9.80 Å². The van der Waals surface area contributed by atoms with Gasteiger partial charge in [-0.25, -0.2) is 8.78 Å². The number of ether oxygens (including phenoxy) is 1. The lowest BCUT2D eigenvalue weighted by Crippen LogP contribution is -2.48. The third-order valence-electron chi connectivity index (χ3n) is 5.69.